The van der Waals surface area contributed by atoms with Crippen molar-refractivity contribution in [3.8, 4) is 5.75 Å². The quantitative estimate of drug-likeness (QED) is 0.807. The van der Waals surface area contributed by atoms with Crippen LogP contribution in [0.1, 0.15) is 16.5 Å². The molecule has 3 nitrogen and oxygen atoms in total. The zero-order chi connectivity index (χ0) is 15.0. The topological polar surface area (TPSA) is 38.3 Å². The van der Waals surface area contributed by atoms with Crippen molar-refractivity contribution in [2.45, 2.75) is 5.38 Å². The second kappa shape index (κ2) is 5.76. The number of alkyl halides is 1. The SMILES string of the molecule is O=C1COc2ccc(C(Cl)c3cc(Cl)ccc3Cl)cc2N1. The maximum atomic E-state index is 11.4. The third kappa shape index (κ3) is 2.95. The van der Waals surface area contributed by atoms with Crippen LogP contribution < -0.4 is 10.1 Å². The molecule has 21 heavy (non-hydrogen) atoms. The smallest absolute Gasteiger partial charge is 0.262 e. The monoisotopic (exact) mass is 341 g/mol. The number of amides is 1. The van der Waals surface area contributed by atoms with Gasteiger partial charge in [-0.3, -0.25) is 4.79 Å². The number of nitrogens with one attached hydrogen (secondary N) is 1. The van der Waals surface area contributed by atoms with Gasteiger partial charge in [0.25, 0.3) is 5.91 Å². The van der Waals surface area contributed by atoms with E-state index in [0.717, 1.165) is 5.56 Å². The Hall–Kier alpha value is -1.42. The second-order valence-electron chi connectivity index (χ2n) is 4.62. The number of anilines is 1. The second-order valence-corrected chi connectivity index (χ2v) is 5.90. The lowest BCUT2D eigenvalue weighted by Crippen LogP contribution is -2.25. The van der Waals surface area contributed by atoms with Gasteiger partial charge in [0.05, 0.1) is 11.1 Å². The van der Waals surface area contributed by atoms with Gasteiger partial charge in [-0.25, -0.2) is 0 Å². The number of hydrogen-bond acceptors (Lipinski definition) is 2. The molecule has 1 heterocycles. The molecule has 0 bridgehead atoms. The largest absolute Gasteiger partial charge is 0.482 e. The predicted octanol–water partition coefficient (Wildman–Crippen LogP) is 4.65. The van der Waals surface area contributed by atoms with Gasteiger partial charge in [-0.05, 0) is 41.5 Å². The van der Waals surface area contributed by atoms with Crippen molar-refractivity contribution in [1.82, 2.24) is 0 Å². The van der Waals surface area contributed by atoms with E-state index < -0.39 is 5.38 Å². The molecule has 1 aliphatic rings. The Kier molecular flexibility index (Phi) is 3.98. The van der Waals surface area contributed by atoms with Crippen molar-refractivity contribution < 1.29 is 9.53 Å². The fourth-order valence-corrected chi connectivity index (χ4v) is 2.93. The average molecular weight is 343 g/mol. The van der Waals surface area contributed by atoms with E-state index in [-0.39, 0.29) is 12.5 Å². The minimum absolute atomic E-state index is 0.0246. The number of fused-ring (bicyclic) bond motifs is 1. The minimum Gasteiger partial charge on any atom is -0.482 e. The summed E-state index contributed by atoms with van der Waals surface area (Å²) in [5.41, 5.74) is 2.12. The number of rotatable bonds is 2. The van der Waals surface area contributed by atoms with E-state index in [1.54, 1.807) is 30.3 Å². The Morgan fingerprint density at radius 2 is 1.95 bits per heavy atom. The van der Waals surface area contributed by atoms with Gasteiger partial charge in [-0.15, -0.1) is 11.6 Å². The van der Waals surface area contributed by atoms with Gasteiger partial charge in [0.1, 0.15) is 5.75 Å². The van der Waals surface area contributed by atoms with Crippen molar-refractivity contribution in [1.29, 1.82) is 0 Å². The van der Waals surface area contributed by atoms with Gasteiger partial charge >= 0.3 is 0 Å². The van der Waals surface area contributed by atoms with Crippen LogP contribution in [0.2, 0.25) is 10.0 Å². The molecule has 1 amide bonds. The molecule has 0 aromatic heterocycles. The Labute approximate surface area is 136 Å². The van der Waals surface area contributed by atoms with E-state index in [4.69, 9.17) is 39.5 Å². The standard InChI is InChI=1S/C15H10Cl3NO2/c16-9-2-3-11(17)10(6-9)15(18)8-1-4-13-12(5-8)19-14(20)7-21-13/h1-6,15H,7H2,(H,19,20). The number of halogens is 3. The van der Waals surface area contributed by atoms with Gasteiger partial charge in [0.2, 0.25) is 0 Å². The van der Waals surface area contributed by atoms with Crippen molar-refractivity contribution in [3.05, 3.63) is 57.6 Å². The van der Waals surface area contributed by atoms with E-state index in [0.29, 0.717) is 27.0 Å². The lowest BCUT2D eigenvalue weighted by atomic mass is 10.0. The zero-order valence-electron chi connectivity index (χ0n) is 10.7. The van der Waals surface area contributed by atoms with Gasteiger partial charge in [-0.2, -0.15) is 0 Å². The summed E-state index contributed by atoms with van der Waals surface area (Å²) in [6, 6.07) is 10.5. The summed E-state index contributed by atoms with van der Waals surface area (Å²) >= 11 is 18.6. The lowest BCUT2D eigenvalue weighted by molar-refractivity contribution is -0.118. The first-order chi connectivity index (χ1) is 10.0. The molecule has 2 aromatic rings. The van der Waals surface area contributed by atoms with Crippen molar-refractivity contribution in [2.24, 2.45) is 0 Å². The molecular weight excluding hydrogens is 333 g/mol. The van der Waals surface area contributed by atoms with Crippen LogP contribution in [0.3, 0.4) is 0 Å². The summed E-state index contributed by atoms with van der Waals surface area (Å²) in [5, 5.41) is 3.38. The third-order valence-corrected chi connectivity index (χ3v) is 4.23. The van der Waals surface area contributed by atoms with Crippen LogP contribution in [-0.2, 0) is 4.79 Å². The van der Waals surface area contributed by atoms with E-state index in [1.807, 2.05) is 6.07 Å². The molecule has 3 rings (SSSR count). The fourth-order valence-electron chi connectivity index (χ4n) is 2.15. The molecule has 108 valence electrons. The molecule has 1 unspecified atom stereocenters. The number of carbonyl (C=O) groups excluding carboxylic acids is 1. The van der Waals surface area contributed by atoms with Crippen LogP contribution in [0.15, 0.2) is 36.4 Å². The summed E-state index contributed by atoms with van der Waals surface area (Å²) < 4.78 is 5.32. The molecule has 0 aliphatic carbocycles. The van der Waals surface area contributed by atoms with Gasteiger partial charge in [0.15, 0.2) is 6.61 Å². The minimum atomic E-state index is -0.472. The van der Waals surface area contributed by atoms with E-state index in [2.05, 4.69) is 5.32 Å². The van der Waals surface area contributed by atoms with Crippen LogP contribution in [0.25, 0.3) is 0 Å². The van der Waals surface area contributed by atoms with Crippen molar-refractivity contribution >= 4 is 46.4 Å². The molecule has 0 fully saturated rings. The maximum absolute atomic E-state index is 11.4. The molecule has 0 spiro atoms. The first-order valence-electron chi connectivity index (χ1n) is 6.20. The molecular formula is C15H10Cl3NO2. The van der Waals surface area contributed by atoms with Crippen molar-refractivity contribution in [2.75, 3.05) is 11.9 Å². The molecule has 0 saturated heterocycles. The summed E-state index contributed by atoms with van der Waals surface area (Å²) in [7, 11) is 0. The highest BCUT2D eigenvalue weighted by Gasteiger charge is 2.20. The first kappa shape index (κ1) is 14.5. The maximum Gasteiger partial charge on any atom is 0.262 e. The fraction of sp³-hybridized carbons (Fsp3) is 0.133. The zero-order valence-corrected chi connectivity index (χ0v) is 13.0. The predicted molar refractivity (Wildman–Crippen MR) is 84.7 cm³/mol. The van der Waals surface area contributed by atoms with Crippen LogP contribution in [0.4, 0.5) is 5.69 Å². The molecule has 1 atom stereocenters. The molecule has 6 heteroatoms. The van der Waals surface area contributed by atoms with Gasteiger partial charge in [-0.1, -0.05) is 29.3 Å². The Bertz CT molecular complexity index is 718. The number of hydrogen-bond donors (Lipinski definition) is 1. The molecule has 2 aromatic carbocycles. The summed E-state index contributed by atoms with van der Waals surface area (Å²) in [6.07, 6.45) is 0. The van der Waals surface area contributed by atoms with Gasteiger partial charge in [0, 0.05) is 10.0 Å². The Balaban J connectivity index is 1.98. The number of ether oxygens (including phenoxy) is 1. The third-order valence-electron chi connectivity index (χ3n) is 3.16. The van der Waals surface area contributed by atoms with Crippen LogP contribution >= 0.6 is 34.8 Å². The van der Waals surface area contributed by atoms with E-state index >= 15 is 0 Å². The normalized spacial score (nSPS) is 14.9. The van der Waals surface area contributed by atoms with Crippen LogP contribution in [-0.4, -0.2) is 12.5 Å². The molecule has 0 saturated carbocycles. The summed E-state index contributed by atoms with van der Waals surface area (Å²) in [5.74, 6) is 0.436. The number of benzene rings is 2. The highest BCUT2D eigenvalue weighted by Crippen LogP contribution is 2.38. The first-order valence-corrected chi connectivity index (χ1v) is 7.39. The lowest BCUT2D eigenvalue weighted by Gasteiger charge is -2.20. The van der Waals surface area contributed by atoms with Crippen LogP contribution in [0, 0.1) is 0 Å². The number of carbonyl (C=O) groups is 1. The molecule has 1 aliphatic heterocycles. The molecule has 1 N–H and O–H groups in total. The Morgan fingerprint density at radius 3 is 2.76 bits per heavy atom. The van der Waals surface area contributed by atoms with Crippen LogP contribution in [0.5, 0.6) is 5.75 Å². The molecule has 0 radical (unpaired) electrons. The van der Waals surface area contributed by atoms with E-state index in [1.165, 1.54) is 0 Å². The summed E-state index contributed by atoms with van der Waals surface area (Å²) in [6.45, 7) is 0.0246. The van der Waals surface area contributed by atoms with E-state index in [9.17, 15) is 4.79 Å². The highest BCUT2D eigenvalue weighted by molar-refractivity contribution is 6.35. The van der Waals surface area contributed by atoms with Gasteiger partial charge < -0.3 is 10.1 Å². The Morgan fingerprint density at radius 1 is 1.14 bits per heavy atom. The highest BCUT2D eigenvalue weighted by atomic mass is 35.5. The summed E-state index contributed by atoms with van der Waals surface area (Å²) in [4.78, 5) is 11.4. The van der Waals surface area contributed by atoms with Crippen molar-refractivity contribution in [3.63, 3.8) is 0 Å². The average Bonchev–Trinajstić information content (AvgIpc) is 2.48.